The van der Waals surface area contributed by atoms with Gasteiger partial charge in [-0.1, -0.05) is 34.4 Å². The summed E-state index contributed by atoms with van der Waals surface area (Å²) >= 11 is 13.0. The number of fused-ring (bicyclic) bond motifs is 2. The predicted molar refractivity (Wildman–Crippen MR) is 148 cm³/mol. The topological polar surface area (TPSA) is 115 Å². The van der Waals surface area contributed by atoms with Crippen molar-refractivity contribution >= 4 is 35.1 Å². The highest BCUT2D eigenvalue weighted by Gasteiger charge is 2.43. The molecule has 1 saturated carbocycles. The third-order valence-electron chi connectivity index (χ3n) is 8.21. The summed E-state index contributed by atoms with van der Waals surface area (Å²) in [6, 6.07) is 9.46. The minimum absolute atomic E-state index is 0.0179. The molecule has 1 aliphatic carbocycles. The molecule has 1 N–H and O–H groups in total. The van der Waals surface area contributed by atoms with Gasteiger partial charge < -0.3 is 23.8 Å². The lowest BCUT2D eigenvalue weighted by Crippen LogP contribution is -2.46. The van der Waals surface area contributed by atoms with Crippen LogP contribution in [0.15, 0.2) is 45.4 Å². The number of benzene rings is 2. The lowest BCUT2D eigenvalue weighted by atomic mass is 9.99. The smallest absolute Gasteiger partial charge is 0.338 e. The second-order valence-electron chi connectivity index (χ2n) is 10.8. The second kappa shape index (κ2) is 10.4. The molecule has 7 rings (SSSR count). The van der Waals surface area contributed by atoms with Crippen molar-refractivity contribution in [2.24, 2.45) is 0 Å². The van der Waals surface area contributed by atoms with Crippen molar-refractivity contribution in [3.05, 3.63) is 69.1 Å². The minimum atomic E-state index is -1.33. The van der Waals surface area contributed by atoms with Crippen LogP contribution in [0.1, 0.15) is 66.1 Å². The summed E-state index contributed by atoms with van der Waals surface area (Å²) in [6.45, 7) is 0.348. The number of rotatable bonds is 8. The van der Waals surface area contributed by atoms with E-state index in [0.717, 1.165) is 55.9 Å². The number of piperidine rings is 1. The van der Waals surface area contributed by atoms with Crippen molar-refractivity contribution in [3.8, 4) is 22.7 Å². The van der Waals surface area contributed by atoms with Crippen molar-refractivity contribution in [2.45, 2.75) is 69.2 Å². The van der Waals surface area contributed by atoms with Crippen LogP contribution in [0.3, 0.4) is 0 Å². The molecule has 2 bridgehead atoms. The molecule has 9 nitrogen and oxygen atoms in total. The van der Waals surface area contributed by atoms with E-state index in [0.29, 0.717) is 45.3 Å². The first-order chi connectivity index (χ1) is 19.9. The highest BCUT2D eigenvalue weighted by molar-refractivity contribution is 6.39. The summed E-state index contributed by atoms with van der Waals surface area (Å²) in [7, 11) is 0. The Kier molecular flexibility index (Phi) is 6.72. The molecule has 3 aliphatic rings. The SMILES string of the molecule is O=C(O)c1ccc(-c2nc(N3[C@@H]4CC[C@H]3CC(OCc3c(-c5c(Cl)cccc5Cl)noc3C3CC3)C4)no2)cc1F. The van der Waals surface area contributed by atoms with Gasteiger partial charge in [-0.05, 0) is 74.0 Å². The molecule has 2 aliphatic heterocycles. The summed E-state index contributed by atoms with van der Waals surface area (Å²) in [5.41, 5.74) is 2.11. The average molecular weight is 599 g/mol. The van der Waals surface area contributed by atoms with Gasteiger partial charge in [0.05, 0.1) is 28.3 Å². The molecule has 2 aromatic carbocycles. The fourth-order valence-corrected chi connectivity index (χ4v) is 6.68. The number of carboxylic acids is 1. The summed E-state index contributed by atoms with van der Waals surface area (Å²) in [5.74, 6) is -0.415. The van der Waals surface area contributed by atoms with Crippen LogP contribution in [-0.4, -0.2) is 44.6 Å². The molecule has 4 heterocycles. The number of halogens is 3. The normalized spacial score (nSPS) is 21.9. The number of aromatic carboxylic acids is 1. The Morgan fingerprint density at radius 3 is 2.44 bits per heavy atom. The number of carbonyl (C=O) groups is 1. The van der Waals surface area contributed by atoms with Gasteiger partial charge in [0, 0.05) is 34.7 Å². The fraction of sp³-hybridized carbons (Fsp3) is 0.379. The van der Waals surface area contributed by atoms with E-state index in [1.54, 1.807) is 18.2 Å². The van der Waals surface area contributed by atoms with Crippen molar-refractivity contribution < 1.29 is 28.1 Å². The number of nitrogens with zero attached hydrogens (tertiary/aromatic N) is 4. The molecule has 0 spiro atoms. The predicted octanol–water partition coefficient (Wildman–Crippen LogP) is 7.13. The third kappa shape index (κ3) is 4.87. The van der Waals surface area contributed by atoms with E-state index in [-0.39, 0.29) is 24.1 Å². The van der Waals surface area contributed by atoms with E-state index in [1.165, 1.54) is 12.1 Å². The van der Waals surface area contributed by atoms with Gasteiger partial charge in [-0.15, -0.1) is 0 Å². The van der Waals surface area contributed by atoms with Gasteiger partial charge in [0.25, 0.3) is 11.8 Å². The molecule has 2 aromatic heterocycles. The lowest BCUT2D eigenvalue weighted by molar-refractivity contribution is 0.0144. The Labute approximate surface area is 244 Å². The molecule has 0 radical (unpaired) electrons. The van der Waals surface area contributed by atoms with Crippen LogP contribution >= 0.6 is 23.2 Å². The molecule has 41 heavy (non-hydrogen) atoms. The molecule has 3 atom stereocenters. The van der Waals surface area contributed by atoms with E-state index in [2.05, 4.69) is 20.2 Å². The van der Waals surface area contributed by atoms with E-state index < -0.39 is 17.3 Å². The summed E-state index contributed by atoms with van der Waals surface area (Å²) in [6.07, 6.45) is 5.65. The van der Waals surface area contributed by atoms with Gasteiger partial charge in [0.15, 0.2) is 0 Å². The molecular formula is C29H25Cl2FN4O5. The van der Waals surface area contributed by atoms with Crippen LogP contribution in [0.5, 0.6) is 0 Å². The van der Waals surface area contributed by atoms with Crippen molar-refractivity contribution in [3.63, 3.8) is 0 Å². The number of aromatic nitrogens is 3. The average Bonchev–Trinajstić information content (AvgIpc) is 3.41. The van der Waals surface area contributed by atoms with Crippen LogP contribution in [0.4, 0.5) is 10.3 Å². The Morgan fingerprint density at radius 1 is 1.05 bits per heavy atom. The van der Waals surface area contributed by atoms with Crippen LogP contribution in [-0.2, 0) is 11.3 Å². The highest BCUT2D eigenvalue weighted by atomic mass is 35.5. The summed E-state index contributed by atoms with van der Waals surface area (Å²) in [5, 5.41) is 18.6. The zero-order valence-electron chi connectivity index (χ0n) is 21.7. The van der Waals surface area contributed by atoms with E-state index in [1.807, 2.05) is 0 Å². The first kappa shape index (κ1) is 26.4. The van der Waals surface area contributed by atoms with Gasteiger partial charge in [0.2, 0.25) is 0 Å². The van der Waals surface area contributed by atoms with E-state index in [4.69, 9.17) is 42.1 Å². The minimum Gasteiger partial charge on any atom is -0.478 e. The number of hydrogen-bond acceptors (Lipinski definition) is 8. The molecule has 1 unspecified atom stereocenters. The van der Waals surface area contributed by atoms with Crippen molar-refractivity contribution in [1.29, 1.82) is 0 Å². The molecule has 12 heteroatoms. The Hall–Kier alpha value is -3.47. The van der Waals surface area contributed by atoms with Crippen molar-refractivity contribution in [1.82, 2.24) is 15.3 Å². The van der Waals surface area contributed by atoms with E-state index >= 15 is 0 Å². The maximum atomic E-state index is 14.2. The first-order valence-corrected chi connectivity index (χ1v) is 14.3. The molecule has 3 fully saturated rings. The van der Waals surface area contributed by atoms with Crippen molar-refractivity contribution in [2.75, 3.05) is 4.90 Å². The zero-order chi connectivity index (χ0) is 28.2. The van der Waals surface area contributed by atoms with Gasteiger partial charge in [-0.25, -0.2) is 9.18 Å². The molecule has 212 valence electrons. The number of hydrogen-bond donors (Lipinski definition) is 1. The molecule has 2 saturated heterocycles. The fourth-order valence-electron chi connectivity index (χ4n) is 6.10. The third-order valence-corrected chi connectivity index (χ3v) is 8.84. The van der Waals surface area contributed by atoms with Gasteiger partial charge in [0.1, 0.15) is 17.3 Å². The molecular weight excluding hydrogens is 574 g/mol. The van der Waals surface area contributed by atoms with Crippen LogP contribution < -0.4 is 4.90 Å². The lowest BCUT2D eigenvalue weighted by Gasteiger charge is -2.37. The monoisotopic (exact) mass is 598 g/mol. The van der Waals surface area contributed by atoms with Gasteiger partial charge in [-0.3, -0.25) is 0 Å². The number of carboxylic acid groups (broad SMARTS) is 1. The maximum absolute atomic E-state index is 14.2. The Bertz CT molecular complexity index is 1600. The van der Waals surface area contributed by atoms with Crippen LogP contribution in [0.2, 0.25) is 10.0 Å². The zero-order valence-corrected chi connectivity index (χ0v) is 23.2. The van der Waals surface area contributed by atoms with Crippen LogP contribution in [0.25, 0.3) is 22.7 Å². The highest BCUT2D eigenvalue weighted by Crippen LogP contribution is 2.47. The molecule has 4 aromatic rings. The standard InChI is InChI=1S/C29H25Cl2FN4O5/c30-21-2-1-3-22(31)24(21)25-20(26(40-34-25)14-4-5-14)13-39-18-11-16-7-8-17(12-18)36(16)29-33-27(41-35-29)15-6-9-19(28(37)38)23(32)10-15/h1-3,6,9-10,14,16-18H,4-5,7-8,11-13H2,(H,37,38)/t16-,17+,18?. The quantitative estimate of drug-likeness (QED) is 0.226. The first-order valence-electron chi connectivity index (χ1n) is 13.6. The van der Waals surface area contributed by atoms with E-state index in [9.17, 15) is 9.18 Å². The van der Waals surface area contributed by atoms with Gasteiger partial charge in [-0.2, -0.15) is 4.98 Å². The number of anilines is 1. The second-order valence-corrected chi connectivity index (χ2v) is 11.7. The van der Waals surface area contributed by atoms with Gasteiger partial charge >= 0.3 is 5.97 Å². The number of ether oxygens (including phenoxy) is 1. The molecule has 0 amide bonds. The summed E-state index contributed by atoms with van der Waals surface area (Å²) < 4.78 is 31.9. The largest absolute Gasteiger partial charge is 0.478 e. The van der Waals surface area contributed by atoms with Crippen LogP contribution in [0, 0.1) is 5.82 Å². The Morgan fingerprint density at radius 2 is 1.78 bits per heavy atom. The Balaban J connectivity index is 1.07. The summed E-state index contributed by atoms with van der Waals surface area (Å²) in [4.78, 5) is 17.8. The maximum Gasteiger partial charge on any atom is 0.338 e.